The Labute approximate surface area is 212 Å². The van der Waals surface area contributed by atoms with Crippen molar-refractivity contribution in [3.8, 4) is 17.2 Å². The lowest BCUT2D eigenvalue weighted by Gasteiger charge is -2.19. The average Bonchev–Trinajstić information content (AvgIpc) is 2.89. The van der Waals surface area contributed by atoms with Gasteiger partial charge in [-0.15, -0.1) is 11.8 Å². The molecule has 2 aromatic carbocycles. The number of methoxy groups -OCH3 is 3. The molecule has 3 aromatic rings. The fourth-order valence-corrected chi connectivity index (χ4v) is 4.47. The summed E-state index contributed by atoms with van der Waals surface area (Å²) in [4.78, 5) is 34.2. The van der Waals surface area contributed by atoms with Crippen molar-refractivity contribution < 1.29 is 28.5 Å². The highest BCUT2D eigenvalue weighted by molar-refractivity contribution is 7.98. The van der Waals surface area contributed by atoms with Gasteiger partial charge in [0.05, 0.1) is 32.0 Å². The molecule has 0 radical (unpaired) electrons. The summed E-state index contributed by atoms with van der Waals surface area (Å²) in [7, 11) is 4.71. The van der Waals surface area contributed by atoms with Crippen LogP contribution in [0.5, 0.6) is 17.2 Å². The maximum Gasteiger partial charge on any atom is 0.186 e. The van der Waals surface area contributed by atoms with E-state index in [9.17, 15) is 9.59 Å². The summed E-state index contributed by atoms with van der Waals surface area (Å²) < 4.78 is 21.9. The molecule has 0 unspecified atom stereocenters. The quantitative estimate of drug-likeness (QED) is 0.243. The van der Waals surface area contributed by atoms with E-state index in [1.807, 2.05) is 12.3 Å². The summed E-state index contributed by atoms with van der Waals surface area (Å²) in [5.74, 6) is 1.62. The minimum atomic E-state index is -0.248. The van der Waals surface area contributed by atoms with E-state index in [-0.39, 0.29) is 11.6 Å². The minimum Gasteiger partial charge on any atom is -0.497 e. The lowest BCUT2D eigenvalue weighted by atomic mass is 9.95. The van der Waals surface area contributed by atoms with Crippen molar-refractivity contribution >= 4 is 51.3 Å². The number of hydrogen-bond donors (Lipinski definition) is 1. The van der Waals surface area contributed by atoms with Crippen molar-refractivity contribution in [3.63, 3.8) is 0 Å². The van der Waals surface area contributed by atoms with Crippen LogP contribution in [0.15, 0.2) is 53.7 Å². The van der Waals surface area contributed by atoms with Crippen molar-refractivity contribution in [1.82, 2.24) is 9.97 Å². The first-order chi connectivity index (χ1) is 17.5. The van der Waals surface area contributed by atoms with Crippen LogP contribution in [0.3, 0.4) is 0 Å². The standard InChI is InChI=1S/C26H25N3O6S/c1-32-7-8-35-24-13-20-19(12-23(24)34-3)26(28-14-27-20)29-21-11-16(33-2)10-18(25(21)36-4)17-9-15(30)5-6-22(17)31/h5-6,9-14H,7-8H2,1-4H3,(H,27,28,29). The fraction of sp³-hybridized carbons (Fsp3) is 0.231. The summed E-state index contributed by atoms with van der Waals surface area (Å²) in [6.07, 6.45) is 7.23. The molecule has 0 amide bonds. The van der Waals surface area contributed by atoms with Crippen molar-refractivity contribution in [1.29, 1.82) is 0 Å². The smallest absolute Gasteiger partial charge is 0.186 e. The molecule has 1 aliphatic rings. The van der Waals surface area contributed by atoms with E-state index < -0.39 is 0 Å². The van der Waals surface area contributed by atoms with Crippen LogP contribution in [0.2, 0.25) is 0 Å². The zero-order valence-electron chi connectivity index (χ0n) is 20.3. The molecule has 4 rings (SSSR count). The second-order valence-electron chi connectivity index (χ2n) is 7.62. The Hall–Kier alpha value is -3.89. The molecule has 186 valence electrons. The van der Waals surface area contributed by atoms with Crippen LogP contribution in [-0.4, -0.2) is 62.3 Å². The van der Waals surface area contributed by atoms with E-state index in [2.05, 4.69) is 15.3 Å². The van der Waals surface area contributed by atoms with Gasteiger partial charge in [0.1, 0.15) is 24.5 Å². The molecule has 0 saturated carbocycles. The number of benzene rings is 2. The predicted molar refractivity (Wildman–Crippen MR) is 139 cm³/mol. The Bertz CT molecular complexity index is 1390. The van der Waals surface area contributed by atoms with E-state index in [4.69, 9.17) is 18.9 Å². The van der Waals surface area contributed by atoms with Gasteiger partial charge in [0, 0.05) is 40.7 Å². The van der Waals surface area contributed by atoms with E-state index >= 15 is 0 Å². The molecule has 1 heterocycles. The number of rotatable bonds is 10. The van der Waals surface area contributed by atoms with E-state index in [1.54, 1.807) is 39.5 Å². The third kappa shape index (κ3) is 5.19. The van der Waals surface area contributed by atoms with Crippen LogP contribution in [0.4, 0.5) is 11.5 Å². The first-order valence-electron chi connectivity index (χ1n) is 10.9. The number of fused-ring (bicyclic) bond motifs is 1. The molecule has 10 heteroatoms. The predicted octanol–water partition coefficient (Wildman–Crippen LogP) is 4.23. The second kappa shape index (κ2) is 11.2. The lowest BCUT2D eigenvalue weighted by molar-refractivity contribution is -0.113. The van der Waals surface area contributed by atoms with Crippen LogP contribution in [-0.2, 0) is 14.3 Å². The molecule has 0 aliphatic heterocycles. The van der Waals surface area contributed by atoms with Gasteiger partial charge in [-0.05, 0) is 36.6 Å². The molecule has 0 spiro atoms. The Kier molecular flexibility index (Phi) is 7.87. The van der Waals surface area contributed by atoms with Crippen LogP contribution >= 0.6 is 11.8 Å². The Morgan fingerprint density at radius 2 is 1.78 bits per heavy atom. The lowest BCUT2D eigenvalue weighted by Crippen LogP contribution is -2.09. The molecular weight excluding hydrogens is 482 g/mol. The zero-order valence-corrected chi connectivity index (χ0v) is 21.1. The number of ether oxygens (including phenoxy) is 4. The van der Waals surface area contributed by atoms with Crippen molar-refractivity contribution in [2.45, 2.75) is 4.90 Å². The number of ketones is 2. The van der Waals surface area contributed by atoms with Crippen molar-refractivity contribution in [3.05, 3.63) is 54.4 Å². The van der Waals surface area contributed by atoms with Crippen molar-refractivity contribution in [2.75, 3.05) is 46.1 Å². The van der Waals surface area contributed by atoms with E-state index in [0.29, 0.717) is 64.0 Å². The van der Waals surface area contributed by atoms with Crippen LogP contribution in [0.1, 0.15) is 5.56 Å². The Balaban J connectivity index is 1.80. The maximum absolute atomic E-state index is 12.6. The summed E-state index contributed by atoms with van der Waals surface area (Å²) >= 11 is 1.44. The monoisotopic (exact) mass is 507 g/mol. The third-order valence-electron chi connectivity index (χ3n) is 5.46. The molecule has 36 heavy (non-hydrogen) atoms. The summed E-state index contributed by atoms with van der Waals surface area (Å²) in [6.45, 7) is 0.804. The number of thioether (sulfide) groups is 1. The highest BCUT2D eigenvalue weighted by Crippen LogP contribution is 2.41. The second-order valence-corrected chi connectivity index (χ2v) is 8.44. The molecule has 1 aliphatic carbocycles. The number of hydrogen-bond acceptors (Lipinski definition) is 10. The first-order valence-corrected chi connectivity index (χ1v) is 12.2. The molecule has 1 N–H and O–H groups in total. The van der Waals surface area contributed by atoms with Crippen LogP contribution in [0.25, 0.3) is 16.5 Å². The number of allylic oxidation sites excluding steroid dienone is 4. The SMILES string of the molecule is COCCOc1cc2ncnc(Nc3cc(OC)cc(C4=CC(=O)C=CC4=O)c3SC)c2cc1OC. The molecular formula is C26H25N3O6S. The van der Waals surface area contributed by atoms with E-state index in [0.717, 1.165) is 4.90 Å². The van der Waals surface area contributed by atoms with Gasteiger partial charge in [-0.3, -0.25) is 9.59 Å². The van der Waals surface area contributed by atoms with Gasteiger partial charge in [0.2, 0.25) is 0 Å². The van der Waals surface area contributed by atoms with Gasteiger partial charge in [-0.1, -0.05) is 0 Å². The molecule has 0 bridgehead atoms. The number of aromatic nitrogens is 2. The average molecular weight is 508 g/mol. The fourth-order valence-electron chi connectivity index (χ4n) is 3.75. The number of anilines is 2. The molecule has 0 saturated heterocycles. The zero-order chi connectivity index (χ0) is 25.7. The highest BCUT2D eigenvalue weighted by atomic mass is 32.2. The van der Waals surface area contributed by atoms with Crippen molar-refractivity contribution in [2.24, 2.45) is 0 Å². The van der Waals surface area contributed by atoms with Gasteiger partial charge in [-0.2, -0.15) is 0 Å². The van der Waals surface area contributed by atoms with Crippen LogP contribution in [0, 0.1) is 0 Å². The largest absolute Gasteiger partial charge is 0.497 e. The molecule has 0 fully saturated rings. The Morgan fingerprint density at radius 1 is 0.944 bits per heavy atom. The third-order valence-corrected chi connectivity index (χ3v) is 6.31. The van der Waals surface area contributed by atoms with Crippen LogP contribution < -0.4 is 19.5 Å². The van der Waals surface area contributed by atoms with Gasteiger partial charge in [0.15, 0.2) is 23.1 Å². The molecule has 9 nitrogen and oxygen atoms in total. The number of nitrogens with one attached hydrogen (secondary N) is 1. The maximum atomic E-state index is 12.6. The normalized spacial score (nSPS) is 13.1. The minimum absolute atomic E-state index is 0.244. The summed E-state index contributed by atoms with van der Waals surface area (Å²) in [5.41, 5.74) is 2.21. The summed E-state index contributed by atoms with van der Waals surface area (Å²) in [5, 5.41) is 4.06. The number of carbonyl (C=O) groups is 2. The van der Waals surface area contributed by atoms with Gasteiger partial charge < -0.3 is 24.3 Å². The molecule has 0 atom stereocenters. The first kappa shape index (κ1) is 25.2. The Morgan fingerprint density at radius 3 is 2.50 bits per heavy atom. The number of carbonyl (C=O) groups excluding carboxylic acids is 2. The number of nitrogens with zero attached hydrogens (tertiary/aromatic N) is 2. The van der Waals surface area contributed by atoms with E-state index in [1.165, 1.54) is 36.3 Å². The topological polar surface area (TPSA) is 109 Å². The highest BCUT2D eigenvalue weighted by Gasteiger charge is 2.22. The van der Waals surface area contributed by atoms with Gasteiger partial charge in [-0.25, -0.2) is 9.97 Å². The summed E-state index contributed by atoms with van der Waals surface area (Å²) in [6, 6.07) is 7.15. The molecule has 1 aromatic heterocycles. The van der Waals surface area contributed by atoms with Gasteiger partial charge in [0.25, 0.3) is 0 Å². The van der Waals surface area contributed by atoms with Gasteiger partial charge >= 0.3 is 0 Å².